The number of benzene rings is 1. The lowest BCUT2D eigenvalue weighted by molar-refractivity contribution is 0.414. The first-order chi connectivity index (χ1) is 7.72. The van der Waals surface area contributed by atoms with Gasteiger partial charge in [0.15, 0.2) is 0 Å². The zero-order valence-corrected chi connectivity index (χ0v) is 9.27. The van der Waals surface area contributed by atoms with Crippen molar-refractivity contribution in [1.82, 2.24) is 4.98 Å². The summed E-state index contributed by atoms with van der Waals surface area (Å²) in [7, 11) is 1.62. The Morgan fingerprint density at radius 1 is 1.25 bits per heavy atom. The number of nitrogens with zero attached hydrogens (tertiary/aromatic N) is 1. The molecule has 0 bridgehead atoms. The molecule has 82 valence electrons. The van der Waals surface area contributed by atoms with Gasteiger partial charge in [-0.05, 0) is 42.8 Å². The Kier molecular flexibility index (Phi) is 2.77. The SMILES string of the molecule is COc1cccnc1-c1ccc(O)cc1C. The van der Waals surface area contributed by atoms with Crippen molar-refractivity contribution in [2.45, 2.75) is 6.92 Å². The van der Waals surface area contributed by atoms with Crippen LogP contribution in [0.3, 0.4) is 0 Å². The van der Waals surface area contributed by atoms with E-state index in [4.69, 9.17) is 4.74 Å². The van der Waals surface area contributed by atoms with Crippen LogP contribution in [0.1, 0.15) is 5.56 Å². The van der Waals surface area contributed by atoms with Gasteiger partial charge in [0.2, 0.25) is 0 Å². The summed E-state index contributed by atoms with van der Waals surface area (Å²) < 4.78 is 5.26. The summed E-state index contributed by atoms with van der Waals surface area (Å²) in [5.41, 5.74) is 2.73. The van der Waals surface area contributed by atoms with Crippen LogP contribution in [0, 0.1) is 6.92 Å². The van der Waals surface area contributed by atoms with E-state index in [0.717, 1.165) is 22.6 Å². The minimum atomic E-state index is 0.260. The maximum atomic E-state index is 9.36. The monoisotopic (exact) mass is 215 g/mol. The molecule has 1 aromatic heterocycles. The summed E-state index contributed by atoms with van der Waals surface area (Å²) >= 11 is 0. The molecule has 1 heterocycles. The van der Waals surface area contributed by atoms with Crippen LogP contribution >= 0.6 is 0 Å². The molecule has 0 aliphatic carbocycles. The maximum absolute atomic E-state index is 9.36. The Labute approximate surface area is 94.3 Å². The molecule has 3 heteroatoms. The topological polar surface area (TPSA) is 42.4 Å². The quantitative estimate of drug-likeness (QED) is 0.837. The van der Waals surface area contributed by atoms with E-state index in [0.29, 0.717) is 0 Å². The van der Waals surface area contributed by atoms with Crippen molar-refractivity contribution < 1.29 is 9.84 Å². The van der Waals surface area contributed by atoms with E-state index in [-0.39, 0.29) is 5.75 Å². The highest BCUT2D eigenvalue weighted by atomic mass is 16.5. The highest BCUT2D eigenvalue weighted by Crippen LogP contribution is 2.31. The number of aromatic hydroxyl groups is 1. The number of methoxy groups -OCH3 is 1. The summed E-state index contributed by atoms with van der Waals surface area (Å²) in [6.45, 7) is 1.93. The zero-order valence-electron chi connectivity index (χ0n) is 9.27. The van der Waals surface area contributed by atoms with Crippen molar-refractivity contribution in [1.29, 1.82) is 0 Å². The van der Waals surface area contributed by atoms with E-state index >= 15 is 0 Å². The average Bonchev–Trinajstić information content (AvgIpc) is 2.29. The highest BCUT2D eigenvalue weighted by molar-refractivity contribution is 5.70. The van der Waals surface area contributed by atoms with E-state index in [1.165, 1.54) is 0 Å². The summed E-state index contributed by atoms with van der Waals surface area (Å²) in [4.78, 5) is 4.30. The molecule has 0 fully saturated rings. The number of pyridine rings is 1. The fraction of sp³-hybridized carbons (Fsp3) is 0.154. The average molecular weight is 215 g/mol. The Bertz CT molecular complexity index is 509. The number of phenols is 1. The van der Waals surface area contributed by atoms with E-state index in [1.807, 2.05) is 25.1 Å². The maximum Gasteiger partial charge on any atom is 0.145 e. The minimum Gasteiger partial charge on any atom is -0.508 e. The van der Waals surface area contributed by atoms with Gasteiger partial charge in [0, 0.05) is 11.8 Å². The Morgan fingerprint density at radius 3 is 2.75 bits per heavy atom. The van der Waals surface area contributed by atoms with E-state index in [1.54, 1.807) is 25.4 Å². The number of hydrogen-bond acceptors (Lipinski definition) is 3. The number of aryl methyl sites for hydroxylation is 1. The van der Waals surface area contributed by atoms with Crippen LogP contribution in [0.25, 0.3) is 11.3 Å². The zero-order chi connectivity index (χ0) is 11.5. The van der Waals surface area contributed by atoms with Crippen molar-refractivity contribution in [2.24, 2.45) is 0 Å². The predicted octanol–water partition coefficient (Wildman–Crippen LogP) is 2.77. The van der Waals surface area contributed by atoms with Gasteiger partial charge in [-0.25, -0.2) is 0 Å². The molecule has 0 amide bonds. The molecule has 1 aromatic carbocycles. The third-order valence-electron chi connectivity index (χ3n) is 2.46. The van der Waals surface area contributed by atoms with Gasteiger partial charge in [0.05, 0.1) is 7.11 Å². The second-order valence-corrected chi connectivity index (χ2v) is 3.55. The molecule has 3 nitrogen and oxygen atoms in total. The van der Waals surface area contributed by atoms with Gasteiger partial charge >= 0.3 is 0 Å². The van der Waals surface area contributed by atoms with Crippen LogP contribution in [-0.2, 0) is 0 Å². The first kappa shape index (κ1) is 10.5. The molecule has 0 saturated carbocycles. The predicted molar refractivity (Wildman–Crippen MR) is 62.6 cm³/mol. The van der Waals surface area contributed by atoms with Gasteiger partial charge in [-0.2, -0.15) is 0 Å². The lowest BCUT2D eigenvalue weighted by Gasteiger charge is -2.09. The number of ether oxygens (including phenoxy) is 1. The fourth-order valence-corrected chi connectivity index (χ4v) is 1.67. The highest BCUT2D eigenvalue weighted by Gasteiger charge is 2.09. The van der Waals surface area contributed by atoms with Gasteiger partial charge in [0.1, 0.15) is 17.2 Å². The Morgan fingerprint density at radius 2 is 2.06 bits per heavy atom. The van der Waals surface area contributed by atoms with Gasteiger partial charge in [0.25, 0.3) is 0 Å². The molecular formula is C13H13NO2. The molecule has 2 rings (SSSR count). The molecule has 0 aliphatic rings. The fourth-order valence-electron chi connectivity index (χ4n) is 1.67. The lowest BCUT2D eigenvalue weighted by atomic mass is 10.0. The molecule has 16 heavy (non-hydrogen) atoms. The lowest BCUT2D eigenvalue weighted by Crippen LogP contribution is -1.92. The first-order valence-corrected chi connectivity index (χ1v) is 5.01. The van der Waals surface area contributed by atoms with Crippen molar-refractivity contribution in [3.8, 4) is 22.8 Å². The second kappa shape index (κ2) is 4.23. The third kappa shape index (κ3) is 1.84. The number of phenolic OH excluding ortho intramolecular Hbond substituents is 1. The number of hydrogen-bond donors (Lipinski definition) is 1. The van der Waals surface area contributed by atoms with E-state index in [9.17, 15) is 5.11 Å². The molecular weight excluding hydrogens is 202 g/mol. The largest absolute Gasteiger partial charge is 0.508 e. The van der Waals surface area contributed by atoms with E-state index in [2.05, 4.69) is 4.98 Å². The molecule has 0 atom stereocenters. The van der Waals surface area contributed by atoms with Crippen molar-refractivity contribution in [2.75, 3.05) is 7.11 Å². The normalized spacial score (nSPS) is 10.1. The van der Waals surface area contributed by atoms with Crippen molar-refractivity contribution in [3.05, 3.63) is 42.1 Å². The van der Waals surface area contributed by atoms with Crippen LogP contribution in [0.15, 0.2) is 36.5 Å². The summed E-state index contributed by atoms with van der Waals surface area (Å²) in [6.07, 6.45) is 1.73. The molecule has 1 N–H and O–H groups in total. The molecule has 0 unspecified atom stereocenters. The molecule has 0 spiro atoms. The minimum absolute atomic E-state index is 0.260. The molecule has 0 saturated heterocycles. The van der Waals surface area contributed by atoms with Gasteiger partial charge in [-0.3, -0.25) is 4.98 Å². The first-order valence-electron chi connectivity index (χ1n) is 5.01. The summed E-state index contributed by atoms with van der Waals surface area (Å²) in [6, 6.07) is 8.90. The van der Waals surface area contributed by atoms with Crippen LogP contribution in [0.2, 0.25) is 0 Å². The van der Waals surface area contributed by atoms with Crippen LogP contribution in [0.5, 0.6) is 11.5 Å². The summed E-state index contributed by atoms with van der Waals surface area (Å²) in [5, 5.41) is 9.36. The Balaban J connectivity index is 2.58. The molecule has 2 aromatic rings. The van der Waals surface area contributed by atoms with Crippen molar-refractivity contribution in [3.63, 3.8) is 0 Å². The standard InChI is InChI=1S/C13H13NO2/c1-9-8-10(15)5-6-11(9)13-12(16-2)4-3-7-14-13/h3-8,15H,1-2H3. The Hall–Kier alpha value is -2.03. The molecule has 0 aliphatic heterocycles. The summed E-state index contributed by atoms with van der Waals surface area (Å²) in [5.74, 6) is 0.993. The van der Waals surface area contributed by atoms with Gasteiger partial charge in [-0.15, -0.1) is 0 Å². The van der Waals surface area contributed by atoms with Gasteiger partial charge in [-0.1, -0.05) is 0 Å². The van der Waals surface area contributed by atoms with Crippen LogP contribution in [0.4, 0.5) is 0 Å². The van der Waals surface area contributed by atoms with Crippen LogP contribution in [-0.4, -0.2) is 17.2 Å². The van der Waals surface area contributed by atoms with Crippen molar-refractivity contribution >= 4 is 0 Å². The van der Waals surface area contributed by atoms with E-state index < -0.39 is 0 Å². The molecule has 0 radical (unpaired) electrons. The second-order valence-electron chi connectivity index (χ2n) is 3.55. The third-order valence-corrected chi connectivity index (χ3v) is 2.46. The van der Waals surface area contributed by atoms with Crippen LogP contribution < -0.4 is 4.74 Å². The van der Waals surface area contributed by atoms with Gasteiger partial charge < -0.3 is 9.84 Å². The number of rotatable bonds is 2. The smallest absolute Gasteiger partial charge is 0.145 e. The number of aromatic nitrogens is 1.